The number of aromatic nitrogens is 2. The number of nitrogens with one attached hydrogen (secondary N) is 1. The maximum absolute atomic E-state index is 4.95. The second kappa shape index (κ2) is 7.19. The van der Waals surface area contributed by atoms with Crippen LogP contribution in [0, 0.1) is 0 Å². The normalized spacial score (nSPS) is 12.1. The summed E-state index contributed by atoms with van der Waals surface area (Å²) in [5.74, 6) is 0. The average Bonchev–Trinajstić information content (AvgIpc) is 2.70. The molecule has 0 radical (unpaired) electrons. The van der Waals surface area contributed by atoms with Crippen LogP contribution < -0.4 is 5.32 Å². The minimum Gasteiger partial charge on any atom is -0.383 e. The maximum Gasteiger partial charge on any atom is 0.0587 e. The van der Waals surface area contributed by atoms with Crippen molar-refractivity contribution in [1.29, 1.82) is 0 Å². The average molecular weight is 223 g/mol. The smallest absolute Gasteiger partial charge is 0.0587 e. The second-order valence-corrected chi connectivity index (χ2v) is 3.82. The van der Waals surface area contributed by atoms with Crippen molar-refractivity contribution in [3.63, 3.8) is 0 Å². The molecule has 0 amide bonds. The lowest BCUT2D eigenvalue weighted by Crippen LogP contribution is -2.19. The van der Waals surface area contributed by atoms with E-state index in [0.29, 0.717) is 0 Å². The molecule has 0 fully saturated rings. The first-order valence-corrected chi connectivity index (χ1v) is 5.59. The number of rotatable bonds is 7. The summed E-state index contributed by atoms with van der Waals surface area (Å²) in [7, 11) is 3.65. The first-order chi connectivity index (χ1) is 7.74. The zero-order valence-corrected chi connectivity index (χ0v) is 10.4. The van der Waals surface area contributed by atoms with Crippen molar-refractivity contribution < 1.29 is 4.74 Å². The molecule has 0 aliphatic heterocycles. The van der Waals surface area contributed by atoms with Gasteiger partial charge in [0.1, 0.15) is 0 Å². The Labute approximate surface area is 97.3 Å². The third-order valence-corrected chi connectivity index (χ3v) is 2.41. The van der Waals surface area contributed by atoms with Crippen molar-refractivity contribution in [2.24, 2.45) is 7.05 Å². The van der Waals surface area contributed by atoms with E-state index in [-0.39, 0.29) is 0 Å². The minimum absolute atomic E-state index is 0.769. The molecule has 1 heterocycles. The molecule has 0 saturated heterocycles. The van der Waals surface area contributed by atoms with Crippen LogP contribution in [-0.2, 0) is 11.8 Å². The van der Waals surface area contributed by atoms with E-state index in [2.05, 4.69) is 23.4 Å². The van der Waals surface area contributed by atoms with Gasteiger partial charge >= 0.3 is 0 Å². The van der Waals surface area contributed by atoms with Gasteiger partial charge < -0.3 is 10.1 Å². The Morgan fingerprint density at radius 2 is 2.38 bits per heavy atom. The fourth-order valence-corrected chi connectivity index (χ4v) is 1.43. The summed E-state index contributed by atoms with van der Waals surface area (Å²) < 4.78 is 6.78. The number of nitrogens with zero attached hydrogens (tertiary/aromatic N) is 2. The van der Waals surface area contributed by atoms with Crippen molar-refractivity contribution in [2.75, 3.05) is 26.8 Å². The zero-order chi connectivity index (χ0) is 11.8. The van der Waals surface area contributed by atoms with Gasteiger partial charge in [0.25, 0.3) is 0 Å². The van der Waals surface area contributed by atoms with Crippen LogP contribution in [0.1, 0.15) is 18.9 Å². The molecule has 0 spiro atoms. The lowest BCUT2D eigenvalue weighted by Gasteiger charge is -2.01. The van der Waals surface area contributed by atoms with E-state index in [1.54, 1.807) is 7.11 Å². The summed E-state index contributed by atoms with van der Waals surface area (Å²) in [5, 5.41) is 7.46. The molecular formula is C12H21N3O. The van der Waals surface area contributed by atoms with Gasteiger partial charge in [-0.3, -0.25) is 4.68 Å². The lowest BCUT2D eigenvalue weighted by atomic mass is 10.1. The topological polar surface area (TPSA) is 39.1 Å². The molecule has 4 heteroatoms. The van der Waals surface area contributed by atoms with Crippen LogP contribution >= 0.6 is 0 Å². The molecule has 90 valence electrons. The van der Waals surface area contributed by atoms with Gasteiger partial charge in [0.15, 0.2) is 0 Å². The lowest BCUT2D eigenvalue weighted by molar-refractivity contribution is 0.199. The molecule has 4 nitrogen and oxygen atoms in total. The second-order valence-electron chi connectivity index (χ2n) is 3.82. The molecule has 1 aromatic rings. The fourth-order valence-electron chi connectivity index (χ4n) is 1.43. The third-order valence-electron chi connectivity index (χ3n) is 2.41. The molecule has 1 rings (SSSR count). The number of hydrogen-bond donors (Lipinski definition) is 1. The van der Waals surface area contributed by atoms with E-state index in [1.165, 1.54) is 11.1 Å². The molecule has 0 aliphatic rings. The number of methoxy groups -OCH3 is 1. The van der Waals surface area contributed by atoms with E-state index in [4.69, 9.17) is 4.74 Å². The van der Waals surface area contributed by atoms with E-state index in [1.807, 2.05) is 24.1 Å². The highest BCUT2D eigenvalue weighted by Crippen LogP contribution is 2.12. The van der Waals surface area contributed by atoms with E-state index >= 15 is 0 Å². The Hall–Kier alpha value is -1.13. The first-order valence-electron chi connectivity index (χ1n) is 5.59. The summed E-state index contributed by atoms with van der Waals surface area (Å²) in [6, 6.07) is 0. The largest absolute Gasteiger partial charge is 0.383 e. The van der Waals surface area contributed by atoms with Gasteiger partial charge in [-0.2, -0.15) is 5.10 Å². The van der Waals surface area contributed by atoms with Gasteiger partial charge in [-0.1, -0.05) is 6.08 Å². The van der Waals surface area contributed by atoms with Crippen LogP contribution in [0.4, 0.5) is 0 Å². The van der Waals surface area contributed by atoms with Crippen LogP contribution in [0.5, 0.6) is 0 Å². The highest BCUT2D eigenvalue weighted by molar-refractivity contribution is 5.62. The van der Waals surface area contributed by atoms with E-state index < -0.39 is 0 Å². The van der Waals surface area contributed by atoms with Crippen molar-refractivity contribution in [2.45, 2.75) is 13.3 Å². The van der Waals surface area contributed by atoms with Crippen molar-refractivity contribution >= 4 is 5.57 Å². The molecular weight excluding hydrogens is 202 g/mol. The molecule has 0 atom stereocenters. The predicted molar refractivity (Wildman–Crippen MR) is 66.2 cm³/mol. The van der Waals surface area contributed by atoms with Gasteiger partial charge in [0.05, 0.1) is 12.8 Å². The SMILES string of the molecule is COCCNCCC=C(C)c1cnn(C)c1. The highest BCUT2D eigenvalue weighted by atomic mass is 16.5. The molecule has 1 aromatic heterocycles. The number of allylic oxidation sites excluding steroid dienone is 1. The summed E-state index contributed by atoms with van der Waals surface area (Å²) in [4.78, 5) is 0. The maximum atomic E-state index is 4.95. The van der Waals surface area contributed by atoms with E-state index in [9.17, 15) is 0 Å². The highest BCUT2D eigenvalue weighted by Gasteiger charge is 1.97. The molecule has 0 aliphatic carbocycles. The Morgan fingerprint density at radius 3 is 3.00 bits per heavy atom. The van der Waals surface area contributed by atoms with E-state index in [0.717, 1.165) is 26.1 Å². The molecule has 0 unspecified atom stereocenters. The van der Waals surface area contributed by atoms with Gasteiger partial charge in [0, 0.05) is 32.5 Å². The first kappa shape index (κ1) is 12.9. The van der Waals surface area contributed by atoms with Crippen LogP contribution in [0.15, 0.2) is 18.5 Å². The van der Waals surface area contributed by atoms with Gasteiger partial charge in [-0.25, -0.2) is 0 Å². The molecule has 1 N–H and O–H groups in total. The van der Waals surface area contributed by atoms with Crippen molar-refractivity contribution in [3.05, 3.63) is 24.0 Å². The Morgan fingerprint density at radius 1 is 1.56 bits per heavy atom. The molecule has 0 saturated carbocycles. The minimum atomic E-state index is 0.769. The van der Waals surface area contributed by atoms with Crippen LogP contribution in [0.3, 0.4) is 0 Å². The predicted octanol–water partition coefficient (Wildman–Crippen LogP) is 1.45. The number of hydrogen-bond acceptors (Lipinski definition) is 3. The Kier molecular flexibility index (Phi) is 5.82. The van der Waals surface area contributed by atoms with Crippen molar-refractivity contribution in [3.8, 4) is 0 Å². The summed E-state index contributed by atoms with van der Waals surface area (Å²) in [6.45, 7) is 4.79. The van der Waals surface area contributed by atoms with Crippen LogP contribution in [-0.4, -0.2) is 36.6 Å². The number of ether oxygens (including phenoxy) is 1. The van der Waals surface area contributed by atoms with Crippen molar-refractivity contribution in [1.82, 2.24) is 15.1 Å². The van der Waals surface area contributed by atoms with Crippen LogP contribution in [0.25, 0.3) is 5.57 Å². The summed E-state index contributed by atoms with van der Waals surface area (Å²) in [6.07, 6.45) is 7.19. The molecule has 16 heavy (non-hydrogen) atoms. The monoisotopic (exact) mass is 223 g/mol. The van der Waals surface area contributed by atoms with Gasteiger partial charge in [-0.15, -0.1) is 0 Å². The summed E-state index contributed by atoms with van der Waals surface area (Å²) in [5.41, 5.74) is 2.47. The zero-order valence-electron chi connectivity index (χ0n) is 10.4. The molecule has 0 aromatic carbocycles. The molecule has 0 bridgehead atoms. The number of aryl methyl sites for hydroxylation is 1. The van der Waals surface area contributed by atoms with Gasteiger partial charge in [0.2, 0.25) is 0 Å². The quantitative estimate of drug-likeness (QED) is 0.711. The fraction of sp³-hybridized carbons (Fsp3) is 0.583. The Bertz CT molecular complexity index is 331. The Balaban J connectivity index is 2.24. The standard InChI is InChI=1S/C12H21N3O/c1-11(12-9-14-15(2)10-12)5-4-6-13-7-8-16-3/h5,9-10,13H,4,6-8H2,1-3H3. The van der Waals surface area contributed by atoms with Crippen LogP contribution in [0.2, 0.25) is 0 Å². The third kappa shape index (κ3) is 4.59. The van der Waals surface area contributed by atoms with Gasteiger partial charge in [-0.05, 0) is 25.5 Å². The summed E-state index contributed by atoms with van der Waals surface area (Å²) >= 11 is 0.